The summed E-state index contributed by atoms with van der Waals surface area (Å²) in [7, 11) is 1.46. The first-order valence-electron chi connectivity index (χ1n) is 30.6. The summed E-state index contributed by atoms with van der Waals surface area (Å²) in [5, 5.41) is 31.1. The lowest BCUT2D eigenvalue weighted by atomic mass is 9.89. The van der Waals surface area contributed by atoms with Crippen LogP contribution in [0.5, 0.6) is 11.5 Å². The molecule has 2 aliphatic heterocycles. The third kappa shape index (κ3) is 18.8. The number of aliphatic carboxylic acids is 1. The Hall–Kier alpha value is -10.6. The monoisotopic (exact) mass is 1330 g/mol. The van der Waals surface area contributed by atoms with Crippen LogP contribution in [-0.2, 0) is 44.8 Å². The van der Waals surface area contributed by atoms with Gasteiger partial charge in [0.05, 0.1) is 37.2 Å². The molecule has 0 aliphatic carbocycles. The molecule has 0 unspecified atom stereocenters. The van der Waals surface area contributed by atoms with E-state index in [1.165, 1.54) is 52.2 Å². The number of benzene rings is 4. The molecule has 3 atom stereocenters. The number of alkyl carbamates (subject to hydrolysis) is 1. The van der Waals surface area contributed by atoms with Gasteiger partial charge in [0.15, 0.2) is 5.78 Å². The van der Waals surface area contributed by atoms with Gasteiger partial charge in [-0.3, -0.25) is 38.5 Å². The number of likely N-dealkylation sites (N-methyl/N-ethyl adjacent to an activating group) is 1. The fraction of sp³-hybridized carbons (Fsp3) is 0.364. The number of anilines is 3. The minimum Gasteiger partial charge on any atom is -0.508 e. The number of aryl methyl sites for hydroxylation is 1. The molecule has 2 aromatic heterocycles. The zero-order chi connectivity index (χ0) is 68.5. The average molecular weight is 1330 g/mol. The number of carbonyl (C=O) groups is 11. The summed E-state index contributed by atoms with van der Waals surface area (Å²) in [4.78, 5) is 152. The number of phenolic OH excluding ortho intramolecular Hbond substituents is 1. The minimum absolute atomic E-state index is 0.0136. The van der Waals surface area contributed by atoms with Gasteiger partial charge in [-0.15, -0.1) is 11.6 Å². The van der Waals surface area contributed by atoms with Crippen LogP contribution in [0.4, 0.5) is 36.2 Å². The Morgan fingerprint density at radius 1 is 0.832 bits per heavy atom. The van der Waals surface area contributed by atoms with Gasteiger partial charge in [0, 0.05) is 118 Å². The lowest BCUT2D eigenvalue weighted by molar-refractivity contribution is -0.138. The van der Waals surface area contributed by atoms with E-state index in [2.05, 4.69) is 26.3 Å². The van der Waals surface area contributed by atoms with E-state index in [1.54, 1.807) is 79.0 Å². The van der Waals surface area contributed by atoms with Gasteiger partial charge in [-0.2, -0.15) is 0 Å². The molecular formula is C66H74ClN11O17. The third-order valence-corrected chi connectivity index (χ3v) is 16.1. The number of fused-ring (bicyclic) bond motifs is 4. The van der Waals surface area contributed by atoms with Crippen molar-refractivity contribution in [2.45, 2.75) is 71.4 Å². The number of primary amides is 1. The van der Waals surface area contributed by atoms with Gasteiger partial charge in [-0.05, 0) is 103 Å². The SMILES string of the molecule is Cc1cccc2c(OC(=O)N(CCCC(=O)O)CCN(C)C(=O)OCc3ccc(NC(=O)[C@H](CCCNC(N)=O)CC(=O)[C@@H](NC(=O)OCCOCCN4C(=O)C=CC4=O)C(C)C)cc3)cc3c(c12)[C@H](CCl)CN3C(=O)c1cn2cc(NC(=O)c3ccc(O)cc3)ccc2n1. The molecule has 0 saturated carbocycles. The summed E-state index contributed by atoms with van der Waals surface area (Å²) in [5.74, 6) is -5.29. The number of pyridine rings is 1. The number of nitrogens with two attached hydrogens (primary N) is 1. The third-order valence-electron chi connectivity index (χ3n) is 15.8. The normalized spacial score (nSPS) is 13.9. The predicted molar refractivity (Wildman–Crippen MR) is 347 cm³/mol. The number of alkyl halides is 1. The first kappa shape index (κ1) is 70.3. The number of ketones is 1. The molecule has 4 aromatic carbocycles. The fourth-order valence-corrected chi connectivity index (χ4v) is 11.0. The number of ether oxygens (including phenoxy) is 4. The number of carboxylic acids is 1. The van der Waals surface area contributed by atoms with Crippen molar-refractivity contribution in [3.8, 4) is 11.5 Å². The van der Waals surface area contributed by atoms with Crippen molar-refractivity contribution in [1.29, 1.82) is 0 Å². The smallest absolute Gasteiger partial charge is 0.415 e. The predicted octanol–water partition coefficient (Wildman–Crippen LogP) is 7.33. The molecule has 0 spiro atoms. The molecule has 0 bridgehead atoms. The van der Waals surface area contributed by atoms with Crippen molar-refractivity contribution >= 4 is 111 Å². The Morgan fingerprint density at radius 2 is 1.56 bits per heavy atom. The van der Waals surface area contributed by atoms with Gasteiger partial charge in [-0.1, -0.05) is 44.2 Å². The van der Waals surface area contributed by atoms with Gasteiger partial charge in [0.25, 0.3) is 23.6 Å². The summed E-state index contributed by atoms with van der Waals surface area (Å²) in [6.07, 6.45) is 2.82. The molecule has 0 saturated heterocycles. The molecule has 4 heterocycles. The van der Waals surface area contributed by atoms with E-state index in [0.29, 0.717) is 39.2 Å². The highest BCUT2D eigenvalue weighted by molar-refractivity contribution is 6.19. The number of nitrogens with one attached hydrogen (secondary N) is 4. The summed E-state index contributed by atoms with van der Waals surface area (Å²) in [6, 6.07) is 20.7. The number of aromatic hydroxyl groups is 1. The van der Waals surface area contributed by atoms with E-state index in [-0.39, 0.29) is 127 Å². The second-order valence-electron chi connectivity index (χ2n) is 23.0. The van der Waals surface area contributed by atoms with Crippen molar-refractivity contribution < 1.29 is 81.9 Å². The van der Waals surface area contributed by atoms with Gasteiger partial charge >= 0.3 is 30.3 Å². The lowest BCUT2D eigenvalue weighted by Crippen LogP contribution is -2.46. The van der Waals surface area contributed by atoms with Gasteiger partial charge in [0.2, 0.25) is 5.91 Å². The van der Waals surface area contributed by atoms with Gasteiger partial charge < -0.3 is 75.3 Å². The summed E-state index contributed by atoms with van der Waals surface area (Å²) in [6.45, 7) is 4.91. The molecular weight excluding hydrogens is 1250 g/mol. The molecule has 28 nitrogen and oxygen atoms in total. The zero-order valence-electron chi connectivity index (χ0n) is 52.7. The minimum atomic E-state index is -1.09. The summed E-state index contributed by atoms with van der Waals surface area (Å²) in [5.41, 5.74) is 9.35. The molecule has 95 heavy (non-hydrogen) atoms. The Bertz CT molecular complexity index is 3880. The summed E-state index contributed by atoms with van der Waals surface area (Å²) < 4.78 is 24.0. The number of aromatic nitrogens is 2. The molecule has 29 heteroatoms. The number of carboxylic acid groups (broad SMARTS) is 1. The van der Waals surface area contributed by atoms with E-state index < -0.39 is 83.5 Å². The molecule has 502 valence electrons. The molecule has 10 amide bonds. The number of rotatable bonds is 31. The van der Waals surface area contributed by atoms with Gasteiger partial charge in [-0.25, -0.2) is 24.2 Å². The molecule has 8 rings (SSSR count). The molecule has 0 radical (unpaired) electrons. The van der Waals surface area contributed by atoms with Crippen LogP contribution in [-0.4, -0.2) is 178 Å². The maximum Gasteiger partial charge on any atom is 0.415 e. The number of carbonyl (C=O) groups excluding carboxylic acids is 10. The van der Waals surface area contributed by atoms with Crippen LogP contribution in [0.2, 0.25) is 0 Å². The van der Waals surface area contributed by atoms with Crippen molar-refractivity contribution in [2.24, 2.45) is 17.6 Å². The van der Waals surface area contributed by atoms with Gasteiger partial charge in [0.1, 0.15) is 36.1 Å². The first-order valence-corrected chi connectivity index (χ1v) is 31.1. The molecule has 0 fully saturated rings. The number of hydrogen-bond acceptors (Lipinski definition) is 17. The Balaban J connectivity index is 0.869. The molecule has 2 aliphatic rings. The number of imide groups is 1. The fourth-order valence-electron chi connectivity index (χ4n) is 10.8. The highest BCUT2D eigenvalue weighted by Crippen LogP contribution is 2.47. The number of halogens is 1. The highest BCUT2D eigenvalue weighted by Gasteiger charge is 2.38. The number of imidazole rings is 1. The van der Waals surface area contributed by atoms with E-state index in [1.807, 2.05) is 13.0 Å². The maximum absolute atomic E-state index is 14.6. The van der Waals surface area contributed by atoms with E-state index in [4.69, 9.17) is 36.3 Å². The second kappa shape index (κ2) is 32.8. The average Bonchev–Trinajstić information content (AvgIpc) is 1.63. The van der Waals surface area contributed by atoms with E-state index >= 15 is 0 Å². The zero-order valence-corrected chi connectivity index (χ0v) is 53.4. The number of urea groups is 1. The van der Waals surface area contributed by atoms with Crippen LogP contribution in [0, 0.1) is 18.8 Å². The van der Waals surface area contributed by atoms with Crippen LogP contribution in [0.25, 0.3) is 16.4 Å². The highest BCUT2D eigenvalue weighted by atomic mass is 35.5. The lowest BCUT2D eigenvalue weighted by Gasteiger charge is -2.26. The standard InChI is InChI=1S/C66H74ClN11O17/c1-39(2)59(73-64(89)93-31-30-92-29-28-77-54(81)22-23-55(77)82)51(80)32-43(9-6-24-69-63(68)88)61(86)70-45-16-12-41(13-17-45)38-94-65(90)74(4)26-27-75(25-7-11-56(83)84)66(91)95-52-33-50-58(57-40(3)8-5-10-48(52)57)44(34-67)35-78(50)62(87)49-37-76-36-46(18-21-53(76)72-49)71-60(85)42-14-19-47(79)20-15-42/h5,8,10,12-23,33,36-37,39,43-44,59,79H,6-7,9,11,24-32,34-35,38H2,1-4H3,(H,70,86)(H,71,85)(H,73,89)(H,83,84)(H3,68,69,88)/t43-,44-,59+/m1/s1. The van der Waals surface area contributed by atoms with Crippen LogP contribution < -0.4 is 36.6 Å². The number of nitrogens with zero attached hydrogens (tertiary/aromatic N) is 6. The van der Waals surface area contributed by atoms with Crippen LogP contribution in [0.1, 0.15) is 89.4 Å². The Morgan fingerprint density at radius 3 is 2.25 bits per heavy atom. The number of amides is 10. The van der Waals surface area contributed by atoms with Crippen molar-refractivity contribution in [1.82, 2.24) is 34.7 Å². The number of Topliss-reactive ketones (excluding diaryl/α,β-unsaturated/α-hetero) is 1. The van der Waals surface area contributed by atoms with E-state index in [9.17, 15) is 63.0 Å². The van der Waals surface area contributed by atoms with Crippen LogP contribution in [0.3, 0.4) is 0 Å². The van der Waals surface area contributed by atoms with E-state index in [0.717, 1.165) is 33.6 Å². The number of hydrogen-bond donors (Lipinski definition) is 7. The Labute approximate surface area is 550 Å². The van der Waals surface area contributed by atoms with Crippen molar-refractivity contribution in [3.05, 3.63) is 137 Å². The topological polar surface area (TPSA) is 370 Å². The van der Waals surface area contributed by atoms with Crippen molar-refractivity contribution in [3.63, 3.8) is 0 Å². The number of phenols is 1. The molecule has 8 N–H and O–H groups in total. The van der Waals surface area contributed by atoms with Crippen LogP contribution >= 0.6 is 11.6 Å². The van der Waals surface area contributed by atoms with Crippen LogP contribution in [0.15, 0.2) is 109 Å². The Kier molecular flexibility index (Phi) is 24.3. The quantitative estimate of drug-likeness (QED) is 0.0127. The molecule has 6 aromatic rings. The second-order valence-corrected chi connectivity index (χ2v) is 23.3. The first-order chi connectivity index (χ1) is 45.5. The summed E-state index contributed by atoms with van der Waals surface area (Å²) >= 11 is 6.63. The largest absolute Gasteiger partial charge is 0.508 e. The maximum atomic E-state index is 14.6. The van der Waals surface area contributed by atoms with Crippen molar-refractivity contribution in [2.75, 3.05) is 87.6 Å².